The molecule has 94 valence electrons. The number of amides is 1. The van der Waals surface area contributed by atoms with Crippen molar-refractivity contribution < 1.29 is 4.79 Å². The van der Waals surface area contributed by atoms with Crippen molar-refractivity contribution in [2.24, 2.45) is 11.7 Å². The van der Waals surface area contributed by atoms with Gasteiger partial charge in [-0.1, -0.05) is 24.9 Å². The topological polar surface area (TPSA) is 55.1 Å². The summed E-state index contributed by atoms with van der Waals surface area (Å²) in [5, 5.41) is 3.42. The maximum atomic E-state index is 11.9. The SMILES string of the molecule is CCCC(CN)C(=O)Nc1cc(Cl)ccc1Br. The fraction of sp³-hybridized carbons (Fsp3) is 0.417. The highest BCUT2D eigenvalue weighted by atomic mass is 79.9. The van der Waals surface area contributed by atoms with Crippen molar-refractivity contribution in [3.63, 3.8) is 0 Å². The van der Waals surface area contributed by atoms with Gasteiger partial charge < -0.3 is 11.1 Å². The number of carbonyl (C=O) groups is 1. The number of carbonyl (C=O) groups excluding carboxylic acids is 1. The van der Waals surface area contributed by atoms with Crippen LogP contribution in [0.15, 0.2) is 22.7 Å². The molecule has 3 nitrogen and oxygen atoms in total. The number of hydrogen-bond acceptors (Lipinski definition) is 2. The highest BCUT2D eigenvalue weighted by Gasteiger charge is 2.16. The Kier molecular flexibility index (Phi) is 5.95. The molecule has 1 atom stereocenters. The van der Waals surface area contributed by atoms with Crippen LogP contribution < -0.4 is 11.1 Å². The van der Waals surface area contributed by atoms with Crippen molar-refractivity contribution in [1.29, 1.82) is 0 Å². The predicted molar refractivity (Wildman–Crippen MR) is 75.2 cm³/mol. The zero-order valence-electron chi connectivity index (χ0n) is 9.67. The third-order valence-electron chi connectivity index (χ3n) is 2.48. The third-order valence-corrected chi connectivity index (χ3v) is 3.41. The lowest BCUT2D eigenvalue weighted by Gasteiger charge is -2.14. The largest absolute Gasteiger partial charge is 0.330 e. The van der Waals surface area contributed by atoms with E-state index in [1.54, 1.807) is 18.2 Å². The van der Waals surface area contributed by atoms with Crippen LogP contribution in [-0.4, -0.2) is 12.5 Å². The number of halogens is 2. The maximum Gasteiger partial charge on any atom is 0.228 e. The second-order valence-corrected chi connectivity index (χ2v) is 5.13. The quantitative estimate of drug-likeness (QED) is 0.873. The van der Waals surface area contributed by atoms with Gasteiger partial charge in [0.25, 0.3) is 0 Å². The highest BCUT2D eigenvalue weighted by Crippen LogP contribution is 2.26. The molecule has 5 heteroatoms. The molecular weight excluding hydrogens is 304 g/mol. The van der Waals surface area contributed by atoms with Gasteiger partial charge in [0.15, 0.2) is 0 Å². The summed E-state index contributed by atoms with van der Waals surface area (Å²) in [7, 11) is 0. The number of hydrogen-bond donors (Lipinski definition) is 2. The molecule has 0 saturated carbocycles. The van der Waals surface area contributed by atoms with Crippen molar-refractivity contribution in [3.05, 3.63) is 27.7 Å². The minimum atomic E-state index is -0.147. The molecule has 0 aliphatic heterocycles. The van der Waals surface area contributed by atoms with Crippen molar-refractivity contribution in [1.82, 2.24) is 0 Å². The van der Waals surface area contributed by atoms with Gasteiger partial charge in [-0.05, 0) is 40.5 Å². The Morgan fingerprint density at radius 3 is 2.88 bits per heavy atom. The van der Waals surface area contributed by atoms with Gasteiger partial charge in [-0.15, -0.1) is 0 Å². The van der Waals surface area contributed by atoms with Crippen LogP contribution in [0.25, 0.3) is 0 Å². The lowest BCUT2D eigenvalue weighted by atomic mass is 10.0. The molecule has 0 fully saturated rings. The third kappa shape index (κ3) is 4.30. The summed E-state index contributed by atoms with van der Waals surface area (Å²) in [6.45, 7) is 2.39. The molecule has 17 heavy (non-hydrogen) atoms. The van der Waals surface area contributed by atoms with E-state index in [4.69, 9.17) is 17.3 Å². The van der Waals surface area contributed by atoms with Crippen LogP contribution in [0.3, 0.4) is 0 Å². The van der Waals surface area contributed by atoms with Gasteiger partial charge >= 0.3 is 0 Å². The molecule has 3 N–H and O–H groups in total. The van der Waals surface area contributed by atoms with Crippen LogP contribution in [0.2, 0.25) is 5.02 Å². The molecule has 0 aliphatic rings. The first-order valence-electron chi connectivity index (χ1n) is 5.54. The van der Waals surface area contributed by atoms with Crippen molar-refractivity contribution in [2.75, 3.05) is 11.9 Å². The zero-order chi connectivity index (χ0) is 12.8. The summed E-state index contributed by atoms with van der Waals surface area (Å²) in [5.74, 6) is -0.205. The van der Waals surface area contributed by atoms with E-state index < -0.39 is 0 Å². The molecule has 0 bridgehead atoms. The summed E-state index contributed by atoms with van der Waals surface area (Å²) in [6.07, 6.45) is 1.73. The molecule has 1 amide bonds. The summed E-state index contributed by atoms with van der Waals surface area (Å²) in [6, 6.07) is 5.27. The average Bonchev–Trinajstić information content (AvgIpc) is 2.30. The molecule has 0 radical (unpaired) electrons. The molecule has 1 aromatic rings. The molecule has 1 unspecified atom stereocenters. The molecular formula is C12H16BrClN2O. The normalized spacial score (nSPS) is 12.2. The van der Waals surface area contributed by atoms with Crippen molar-refractivity contribution in [2.45, 2.75) is 19.8 Å². The second kappa shape index (κ2) is 6.99. The Bertz CT molecular complexity index is 398. The van der Waals surface area contributed by atoms with E-state index in [-0.39, 0.29) is 11.8 Å². The van der Waals surface area contributed by atoms with Crippen LogP contribution in [0.5, 0.6) is 0 Å². The highest BCUT2D eigenvalue weighted by molar-refractivity contribution is 9.10. The maximum absolute atomic E-state index is 11.9. The van der Waals surface area contributed by atoms with Crippen molar-refractivity contribution >= 4 is 39.1 Å². The monoisotopic (exact) mass is 318 g/mol. The van der Waals surface area contributed by atoms with E-state index in [2.05, 4.69) is 21.2 Å². The van der Waals surface area contributed by atoms with Gasteiger partial charge in [0.1, 0.15) is 0 Å². The number of anilines is 1. The summed E-state index contributed by atoms with van der Waals surface area (Å²) < 4.78 is 0.808. The van der Waals surface area contributed by atoms with Crippen LogP contribution in [0.4, 0.5) is 5.69 Å². The first kappa shape index (κ1) is 14.5. The van der Waals surface area contributed by atoms with E-state index in [0.29, 0.717) is 17.3 Å². The smallest absolute Gasteiger partial charge is 0.228 e. The van der Waals surface area contributed by atoms with Crippen LogP contribution in [0, 0.1) is 5.92 Å². The Hall–Kier alpha value is -0.580. The lowest BCUT2D eigenvalue weighted by molar-refractivity contribution is -0.119. The zero-order valence-corrected chi connectivity index (χ0v) is 12.0. The van der Waals surface area contributed by atoms with Gasteiger partial charge in [-0.25, -0.2) is 0 Å². The first-order chi connectivity index (χ1) is 8.08. The first-order valence-corrected chi connectivity index (χ1v) is 6.71. The summed E-state index contributed by atoms with van der Waals surface area (Å²) >= 11 is 9.24. The molecule has 0 aliphatic carbocycles. The molecule has 0 aromatic heterocycles. The number of nitrogens with one attached hydrogen (secondary N) is 1. The van der Waals surface area contributed by atoms with E-state index >= 15 is 0 Å². The molecule has 1 aromatic carbocycles. The van der Waals surface area contributed by atoms with Crippen LogP contribution in [-0.2, 0) is 4.79 Å². The fourth-order valence-corrected chi connectivity index (χ4v) is 2.05. The van der Waals surface area contributed by atoms with E-state index in [1.807, 2.05) is 6.92 Å². The van der Waals surface area contributed by atoms with Crippen LogP contribution in [0.1, 0.15) is 19.8 Å². The minimum Gasteiger partial charge on any atom is -0.330 e. The lowest BCUT2D eigenvalue weighted by Crippen LogP contribution is -2.29. The van der Waals surface area contributed by atoms with Gasteiger partial charge in [0.2, 0.25) is 5.91 Å². The minimum absolute atomic E-state index is 0.0580. The number of nitrogens with two attached hydrogens (primary N) is 1. The summed E-state index contributed by atoms with van der Waals surface area (Å²) in [5.41, 5.74) is 6.26. The van der Waals surface area contributed by atoms with Gasteiger partial charge in [-0.2, -0.15) is 0 Å². The van der Waals surface area contributed by atoms with Gasteiger partial charge in [0, 0.05) is 16.0 Å². The van der Waals surface area contributed by atoms with E-state index in [0.717, 1.165) is 17.3 Å². The molecule has 0 saturated heterocycles. The molecule has 0 spiro atoms. The van der Waals surface area contributed by atoms with E-state index in [9.17, 15) is 4.79 Å². The molecule has 1 rings (SSSR count). The van der Waals surface area contributed by atoms with Gasteiger partial charge in [0.05, 0.1) is 11.6 Å². The number of rotatable bonds is 5. The fourth-order valence-electron chi connectivity index (χ4n) is 1.53. The van der Waals surface area contributed by atoms with Crippen LogP contribution >= 0.6 is 27.5 Å². The predicted octanol–water partition coefficient (Wildman–Crippen LogP) is 3.42. The average molecular weight is 320 g/mol. The Morgan fingerprint density at radius 1 is 1.59 bits per heavy atom. The Morgan fingerprint density at radius 2 is 2.29 bits per heavy atom. The summed E-state index contributed by atoms with van der Waals surface area (Å²) in [4.78, 5) is 11.9. The molecule has 0 heterocycles. The van der Waals surface area contributed by atoms with Crippen molar-refractivity contribution in [3.8, 4) is 0 Å². The van der Waals surface area contributed by atoms with Gasteiger partial charge in [-0.3, -0.25) is 4.79 Å². The van der Waals surface area contributed by atoms with E-state index in [1.165, 1.54) is 0 Å². The second-order valence-electron chi connectivity index (χ2n) is 3.83. The Balaban J connectivity index is 2.76. The number of benzene rings is 1. The Labute approximate surface area is 115 Å². The standard InChI is InChI=1S/C12H16BrClN2O/c1-2-3-8(7-15)12(17)16-11-6-9(14)4-5-10(11)13/h4-6,8H,2-3,7,15H2,1H3,(H,16,17).